The molecule has 0 aliphatic carbocycles. The predicted molar refractivity (Wildman–Crippen MR) is 101 cm³/mol. The number of guanidine groups is 1. The third kappa shape index (κ3) is 6.85. The third-order valence-electron chi connectivity index (χ3n) is 3.26. The molecule has 6 nitrogen and oxygen atoms in total. The molecule has 1 heterocycles. The zero-order chi connectivity index (χ0) is 17.4. The lowest BCUT2D eigenvalue weighted by Gasteiger charge is -2.13. The van der Waals surface area contributed by atoms with Gasteiger partial charge >= 0.3 is 6.61 Å². The quantitative estimate of drug-likeness (QED) is 0.372. The Hall–Kier alpha value is -1.91. The van der Waals surface area contributed by atoms with Crippen molar-refractivity contribution in [1.29, 1.82) is 0 Å². The second kappa shape index (κ2) is 10.9. The maximum absolute atomic E-state index is 12.4. The van der Waals surface area contributed by atoms with Crippen LogP contribution in [0.1, 0.15) is 23.9 Å². The summed E-state index contributed by atoms with van der Waals surface area (Å²) in [6.07, 6.45) is 0.803. The van der Waals surface area contributed by atoms with Gasteiger partial charge in [0.25, 0.3) is 0 Å². The van der Waals surface area contributed by atoms with E-state index in [1.807, 2.05) is 13.0 Å². The zero-order valence-electron chi connectivity index (χ0n) is 14.0. The van der Waals surface area contributed by atoms with E-state index >= 15 is 0 Å². The fourth-order valence-corrected chi connectivity index (χ4v) is 2.04. The average molecular weight is 466 g/mol. The molecular formula is C16H21F2IN4O2. The molecule has 25 heavy (non-hydrogen) atoms. The van der Waals surface area contributed by atoms with E-state index in [9.17, 15) is 8.78 Å². The molecule has 0 aliphatic heterocycles. The molecule has 0 spiro atoms. The lowest BCUT2D eigenvalue weighted by Crippen LogP contribution is -2.36. The second-order valence-electron chi connectivity index (χ2n) is 4.90. The number of hydrogen-bond acceptors (Lipinski definition) is 4. The monoisotopic (exact) mass is 466 g/mol. The number of alkyl halides is 2. The molecule has 138 valence electrons. The minimum atomic E-state index is -2.86. The smallest absolute Gasteiger partial charge is 0.387 e. The lowest BCUT2D eigenvalue weighted by atomic mass is 10.2. The van der Waals surface area contributed by atoms with Crippen LogP contribution in [0.25, 0.3) is 0 Å². The van der Waals surface area contributed by atoms with Crippen molar-refractivity contribution in [2.75, 3.05) is 7.05 Å². The van der Waals surface area contributed by atoms with E-state index in [0.717, 1.165) is 12.1 Å². The van der Waals surface area contributed by atoms with Gasteiger partial charge in [0.05, 0.1) is 12.2 Å². The Kier molecular flexibility index (Phi) is 9.17. The van der Waals surface area contributed by atoms with Crippen LogP contribution in [-0.4, -0.2) is 24.8 Å². The van der Waals surface area contributed by atoms with Crippen molar-refractivity contribution < 1.29 is 18.0 Å². The number of hydrogen-bond donors (Lipinski definition) is 2. The number of halogens is 3. The minimum Gasteiger partial charge on any atom is -0.434 e. The lowest BCUT2D eigenvalue weighted by molar-refractivity contribution is -0.0504. The second-order valence-corrected chi connectivity index (χ2v) is 4.90. The number of aliphatic imine (C=N–C) groups is 1. The van der Waals surface area contributed by atoms with Crippen molar-refractivity contribution in [3.8, 4) is 5.75 Å². The maximum Gasteiger partial charge on any atom is 0.387 e. The molecule has 0 bridgehead atoms. The van der Waals surface area contributed by atoms with Crippen LogP contribution in [0.4, 0.5) is 8.78 Å². The number of aromatic nitrogens is 1. The van der Waals surface area contributed by atoms with E-state index < -0.39 is 6.61 Å². The van der Waals surface area contributed by atoms with E-state index in [0.29, 0.717) is 30.4 Å². The molecule has 0 unspecified atom stereocenters. The molecule has 0 fully saturated rings. The molecule has 0 radical (unpaired) electrons. The van der Waals surface area contributed by atoms with Gasteiger partial charge in [-0.25, -0.2) is 0 Å². The van der Waals surface area contributed by atoms with E-state index in [1.54, 1.807) is 25.2 Å². The topological polar surface area (TPSA) is 71.7 Å². The van der Waals surface area contributed by atoms with Crippen LogP contribution in [0.3, 0.4) is 0 Å². The molecule has 0 saturated heterocycles. The number of benzene rings is 1. The summed E-state index contributed by atoms with van der Waals surface area (Å²) < 4.78 is 34.5. The average Bonchev–Trinajstić information content (AvgIpc) is 3.04. The van der Waals surface area contributed by atoms with Crippen LogP contribution in [-0.2, 0) is 19.5 Å². The van der Waals surface area contributed by atoms with E-state index in [1.165, 1.54) is 6.07 Å². The van der Waals surface area contributed by atoms with Gasteiger partial charge in [-0.1, -0.05) is 30.3 Å². The summed E-state index contributed by atoms with van der Waals surface area (Å²) in [5.74, 6) is 1.34. The van der Waals surface area contributed by atoms with Gasteiger partial charge in [0.15, 0.2) is 11.7 Å². The number of para-hydroxylation sites is 1. The first-order valence-corrected chi connectivity index (χ1v) is 7.54. The molecule has 0 aliphatic rings. The Labute approximate surface area is 162 Å². The van der Waals surface area contributed by atoms with E-state index in [2.05, 4.69) is 25.5 Å². The van der Waals surface area contributed by atoms with E-state index in [4.69, 9.17) is 4.52 Å². The highest BCUT2D eigenvalue weighted by Crippen LogP contribution is 2.19. The first kappa shape index (κ1) is 21.1. The molecule has 2 aromatic rings. The molecule has 9 heteroatoms. The number of nitrogens with one attached hydrogen (secondary N) is 2. The van der Waals surface area contributed by atoms with Crippen LogP contribution >= 0.6 is 24.0 Å². The Balaban J connectivity index is 0.00000312. The largest absolute Gasteiger partial charge is 0.434 e. The van der Waals surface area contributed by atoms with Gasteiger partial charge in [0, 0.05) is 25.2 Å². The summed E-state index contributed by atoms with van der Waals surface area (Å²) >= 11 is 0. The number of ether oxygens (including phenoxy) is 1. The fraction of sp³-hybridized carbons (Fsp3) is 0.375. The summed E-state index contributed by atoms with van der Waals surface area (Å²) in [5.41, 5.74) is 1.49. The Morgan fingerprint density at radius 1 is 1.28 bits per heavy atom. The highest BCUT2D eigenvalue weighted by Gasteiger charge is 2.10. The highest BCUT2D eigenvalue weighted by atomic mass is 127. The zero-order valence-corrected chi connectivity index (χ0v) is 16.3. The van der Waals surface area contributed by atoms with Crippen molar-refractivity contribution in [3.05, 3.63) is 47.3 Å². The van der Waals surface area contributed by atoms with Crippen LogP contribution in [0.2, 0.25) is 0 Å². The van der Waals surface area contributed by atoms with Gasteiger partial charge in [0.2, 0.25) is 0 Å². The summed E-state index contributed by atoms with van der Waals surface area (Å²) in [4.78, 5) is 4.08. The molecule has 2 N–H and O–H groups in total. The van der Waals surface area contributed by atoms with Gasteiger partial charge in [-0.3, -0.25) is 4.99 Å². The Morgan fingerprint density at radius 2 is 2.00 bits per heavy atom. The van der Waals surface area contributed by atoms with Crippen LogP contribution in [0.15, 0.2) is 39.8 Å². The molecule has 2 rings (SSSR count). The standard InChI is InChI=1S/C16H20F2N4O2.HI/c1-3-12-8-13(24-22-12)10-21-16(19-2)20-9-11-6-4-5-7-14(11)23-15(17)18;/h4-8,15H,3,9-10H2,1-2H3,(H2,19,20,21);1H. The first-order valence-electron chi connectivity index (χ1n) is 7.54. The van der Waals surface area contributed by atoms with Crippen LogP contribution in [0.5, 0.6) is 5.75 Å². The summed E-state index contributed by atoms with van der Waals surface area (Å²) in [7, 11) is 1.62. The van der Waals surface area contributed by atoms with Gasteiger partial charge in [-0.15, -0.1) is 24.0 Å². The number of nitrogens with zero attached hydrogens (tertiary/aromatic N) is 2. The van der Waals surface area contributed by atoms with Crippen molar-refractivity contribution in [2.24, 2.45) is 4.99 Å². The number of aryl methyl sites for hydroxylation is 1. The molecular weight excluding hydrogens is 445 g/mol. The Bertz CT molecular complexity index is 680. The maximum atomic E-state index is 12.4. The molecule has 0 amide bonds. The van der Waals surface area contributed by atoms with Gasteiger partial charge < -0.3 is 19.9 Å². The van der Waals surface area contributed by atoms with Crippen molar-refractivity contribution >= 4 is 29.9 Å². The highest BCUT2D eigenvalue weighted by molar-refractivity contribution is 14.0. The Morgan fingerprint density at radius 3 is 2.64 bits per heavy atom. The molecule has 1 aromatic heterocycles. The van der Waals surface area contributed by atoms with Crippen molar-refractivity contribution in [2.45, 2.75) is 33.0 Å². The predicted octanol–water partition coefficient (Wildman–Crippen LogP) is 3.32. The normalized spacial score (nSPS) is 11.2. The third-order valence-corrected chi connectivity index (χ3v) is 3.26. The van der Waals surface area contributed by atoms with Crippen molar-refractivity contribution in [3.63, 3.8) is 0 Å². The van der Waals surface area contributed by atoms with E-state index in [-0.39, 0.29) is 29.7 Å². The minimum absolute atomic E-state index is 0. The summed E-state index contributed by atoms with van der Waals surface area (Å²) in [6.45, 7) is -0.155. The van der Waals surface area contributed by atoms with Gasteiger partial charge in [-0.05, 0) is 12.5 Å². The summed E-state index contributed by atoms with van der Waals surface area (Å²) in [6, 6.07) is 8.48. The van der Waals surface area contributed by atoms with Gasteiger partial charge in [0.1, 0.15) is 5.75 Å². The van der Waals surface area contributed by atoms with Gasteiger partial charge in [-0.2, -0.15) is 8.78 Å². The fourth-order valence-electron chi connectivity index (χ4n) is 2.04. The first-order chi connectivity index (χ1) is 11.6. The summed E-state index contributed by atoms with van der Waals surface area (Å²) in [5, 5.41) is 10.0. The van der Waals surface area contributed by atoms with Crippen LogP contribution in [0, 0.1) is 0 Å². The number of rotatable bonds is 7. The SMILES string of the molecule is CCc1cc(CNC(=NC)NCc2ccccc2OC(F)F)on1.I. The molecule has 0 atom stereocenters. The van der Waals surface area contributed by atoms with Crippen molar-refractivity contribution in [1.82, 2.24) is 15.8 Å². The molecule has 1 aromatic carbocycles. The molecule has 0 saturated carbocycles. The van der Waals surface area contributed by atoms with Crippen LogP contribution < -0.4 is 15.4 Å².